The summed E-state index contributed by atoms with van der Waals surface area (Å²) in [4.78, 5) is 32.8. The molecule has 1 fully saturated rings. The van der Waals surface area contributed by atoms with E-state index in [2.05, 4.69) is 5.32 Å². The molecular formula is C12H20N2O5. The second-order valence-electron chi connectivity index (χ2n) is 4.93. The molecule has 0 bridgehead atoms. The normalized spacial score (nSPS) is 24.5. The lowest BCUT2D eigenvalue weighted by Crippen LogP contribution is -2.47. The van der Waals surface area contributed by atoms with Gasteiger partial charge in [0.05, 0.1) is 12.0 Å². The zero-order valence-electron chi connectivity index (χ0n) is 10.7. The molecule has 0 aliphatic heterocycles. The van der Waals surface area contributed by atoms with Crippen LogP contribution in [0, 0.1) is 5.92 Å². The number of carboxylic acid groups (broad SMARTS) is 2. The molecule has 0 spiro atoms. The maximum absolute atomic E-state index is 11.7. The summed E-state index contributed by atoms with van der Waals surface area (Å²) in [6, 6.07) is -0.882. The third-order valence-electron chi connectivity index (χ3n) is 3.43. The first-order chi connectivity index (χ1) is 8.90. The number of rotatable bonds is 6. The maximum Gasteiger partial charge on any atom is 0.306 e. The van der Waals surface area contributed by atoms with E-state index in [0.29, 0.717) is 25.7 Å². The van der Waals surface area contributed by atoms with Gasteiger partial charge in [0.2, 0.25) is 5.91 Å². The molecule has 1 atom stereocenters. The monoisotopic (exact) mass is 272 g/mol. The largest absolute Gasteiger partial charge is 0.481 e. The standard InChI is InChI=1S/C12H20N2O5/c13-9(5-6-10(15)16)11(17)14-8-3-1-7(2-4-8)12(18)19/h7-9H,1-6,13H2,(H,14,17)(H,15,16)(H,18,19). The van der Waals surface area contributed by atoms with E-state index in [1.165, 1.54) is 0 Å². The van der Waals surface area contributed by atoms with Crippen LogP contribution >= 0.6 is 0 Å². The summed E-state index contributed by atoms with van der Waals surface area (Å²) in [5.41, 5.74) is 5.59. The summed E-state index contributed by atoms with van der Waals surface area (Å²) in [5.74, 6) is -2.46. The van der Waals surface area contributed by atoms with Crippen LogP contribution in [-0.4, -0.2) is 40.1 Å². The molecule has 1 saturated carbocycles. The van der Waals surface area contributed by atoms with Crippen molar-refractivity contribution in [3.05, 3.63) is 0 Å². The van der Waals surface area contributed by atoms with Crippen molar-refractivity contribution < 1.29 is 24.6 Å². The molecule has 7 heteroatoms. The highest BCUT2D eigenvalue weighted by atomic mass is 16.4. The van der Waals surface area contributed by atoms with Crippen molar-refractivity contribution in [1.82, 2.24) is 5.32 Å². The van der Waals surface area contributed by atoms with Gasteiger partial charge >= 0.3 is 11.9 Å². The van der Waals surface area contributed by atoms with Crippen LogP contribution in [0.1, 0.15) is 38.5 Å². The van der Waals surface area contributed by atoms with Crippen LogP contribution in [0.15, 0.2) is 0 Å². The van der Waals surface area contributed by atoms with Crippen molar-refractivity contribution in [1.29, 1.82) is 0 Å². The van der Waals surface area contributed by atoms with Crippen LogP contribution in [0.5, 0.6) is 0 Å². The van der Waals surface area contributed by atoms with Gasteiger partial charge in [0.1, 0.15) is 0 Å². The van der Waals surface area contributed by atoms with Crippen LogP contribution in [-0.2, 0) is 14.4 Å². The van der Waals surface area contributed by atoms with Gasteiger partial charge in [-0.05, 0) is 32.1 Å². The number of carbonyl (C=O) groups excluding carboxylic acids is 1. The molecule has 1 aliphatic rings. The lowest BCUT2D eigenvalue weighted by Gasteiger charge is -2.27. The Morgan fingerprint density at radius 3 is 2.21 bits per heavy atom. The number of carboxylic acids is 2. The molecule has 7 nitrogen and oxygen atoms in total. The van der Waals surface area contributed by atoms with Crippen LogP contribution in [0.25, 0.3) is 0 Å². The summed E-state index contributed by atoms with van der Waals surface area (Å²) in [5, 5.41) is 20.1. The van der Waals surface area contributed by atoms with E-state index in [-0.39, 0.29) is 30.7 Å². The Morgan fingerprint density at radius 2 is 1.74 bits per heavy atom. The molecule has 1 aliphatic carbocycles. The molecule has 0 aromatic rings. The molecule has 1 unspecified atom stereocenters. The Balaban J connectivity index is 2.30. The number of amides is 1. The third kappa shape index (κ3) is 5.25. The first-order valence-electron chi connectivity index (χ1n) is 6.40. The first-order valence-corrected chi connectivity index (χ1v) is 6.40. The fourth-order valence-electron chi connectivity index (χ4n) is 2.20. The molecular weight excluding hydrogens is 252 g/mol. The molecule has 1 amide bonds. The van der Waals surface area contributed by atoms with E-state index < -0.39 is 18.0 Å². The second-order valence-corrected chi connectivity index (χ2v) is 4.93. The zero-order valence-corrected chi connectivity index (χ0v) is 10.7. The molecule has 19 heavy (non-hydrogen) atoms. The Kier molecular flexibility index (Phi) is 5.75. The SMILES string of the molecule is NC(CCC(=O)O)C(=O)NC1CCC(C(=O)O)CC1. The van der Waals surface area contributed by atoms with Gasteiger partial charge in [-0.3, -0.25) is 14.4 Å². The van der Waals surface area contributed by atoms with Crippen LogP contribution in [0.2, 0.25) is 0 Å². The molecule has 0 heterocycles. The third-order valence-corrected chi connectivity index (χ3v) is 3.43. The predicted molar refractivity (Wildman–Crippen MR) is 66.4 cm³/mol. The molecule has 1 rings (SSSR count). The Labute approximate surface area is 111 Å². The van der Waals surface area contributed by atoms with E-state index in [9.17, 15) is 14.4 Å². The number of hydrogen-bond donors (Lipinski definition) is 4. The molecule has 0 saturated heterocycles. The van der Waals surface area contributed by atoms with Gasteiger partial charge in [-0.25, -0.2) is 0 Å². The summed E-state index contributed by atoms with van der Waals surface area (Å²) in [7, 11) is 0. The summed E-state index contributed by atoms with van der Waals surface area (Å²) in [6.07, 6.45) is 2.30. The van der Waals surface area contributed by atoms with Gasteiger partial charge in [-0.1, -0.05) is 0 Å². The summed E-state index contributed by atoms with van der Waals surface area (Å²) in [6.45, 7) is 0. The number of aliphatic carboxylic acids is 2. The van der Waals surface area contributed by atoms with Crippen molar-refractivity contribution in [3.63, 3.8) is 0 Å². The Morgan fingerprint density at radius 1 is 1.16 bits per heavy atom. The first kappa shape index (κ1) is 15.4. The Hall–Kier alpha value is -1.63. The zero-order chi connectivity index (χ0) is 14.4. The molecule has 5 N–H and O–H groups in total. The van der Waals surface area contributed by atoms with Gasteiger partial charge < -0.3 is 21.3 Å². The van der Waals surface area contributed by atoms with Crippen molar-refractivity contribution in [2.24, 2.45) is 11.7 Å². The summed E-state index contributed by atoms with van der Waals surface area (Å²) >= 11 is 0. The summed E-state index contributed by atoms with van der Waals surface area (Å²) < 4.78 is 0. The minimum absolute atomic E-state index is 0.0565. The number of nitrogens with one attached hydrogen (secondary N) is 1. The van der Waals surface area contributed by atoms with Gasteiger partial charge in [0.15, 0.2) is 0 Å². The van der Waals surface area contributed by atoms with E-state index in [0.717, 1.165) is 0 Å². The van der Waals surface area contributed by atoms with E-state index in [1.807, 2.05) is 0 Å². The fourth-order valence-corrected chi connectivity index (χ4v) is 2.20. The van der Waals surface area contributed by atoms with Gasteiger partial charge in [0.25, 0.3) is 0 Å². The smallest absolute Gasteiger partial charge is 0.306 e. The lowest BCUT2D eigenvalue weighted by molar-refractivity contribution is -0.143. The van der Waals surface area contributed by atoms with Gasteiger partial charge in [-0.15, -0.1) is 0 Å². The minimum Gasteiger partial charge on any atom is -0.481 e. The van der Waals surface area contributed by atoms with E-state index in [1.54, 1.807) is 0 Å². The van der Waals surface area contributed by atoms with Crippen molar-refractivity contribution in [2.75, 3.05) is 0 Å². The van der Waals surface area contributed by atoms with Gasteiger partial charge in [0, 0.05) is 12.5 Å². The van der Waals surface area contributed by atoms with Crippen LogP contribution in [0.3, 0.4) is 0 Å². The second kappa shape index (κ2) is 7.08. The quantitative estimate of drug-likeness (QED) is 0.536. The van der Waals surface area contributed by atoms with Crippen molar-refractivity contribution >= 4 is 17.8 Å². The Bertz CT molecular complexity index is 350. The number of nitrogens with two attached hydrogens (primary N) is 1. The van der Waals surface area contributed by atoms with E-state index >= 15 is 0 Å². The average Bonchev–Trinajstić information content (AvgIpc) is 2.36. The minimum atomic E-state index is -0.981. The van der Waals surface area contributed by atoms with Crippen LogP contribution in [0.4, 0.5) is 0 Å². The highest BCUT2D eigenvalue weighted by Crippen LogP contribution is 2.24. The highest BCUT2D eigenvalue weighted by Gasteiger charge is 2.27. The number of carbonyl (C=O) groups is 3. The molecule has 108 valence electrons. The average molecular weight is 272 g/mol. The predicted octanol–water partition coefficient (Wildman–Crippen LogP) is -0.0619. The molecule has 0 aromatic heterocycles. The van der Waals surface area contributed by atoms with E-state index in [4.69, 9.17) is 15.9 Å². The highest BCUT2D eigenvalue weighted by molar-refractivity contribution is 5.82. The topological polar surface area (TPSA) is 130 Å². The fraction of sp³-hybridized carbons (Fsp3) is 0.750. The molecule has 0 radical (unpaired) electrons. The lowest BCUT2D eigenvalue weighted by atomic mass is 9.86. The van der Waals surface area contributed by atoms with Crippen LogP contribution < -0.4 is 11.1 Å². The van der Waals surface area contributed by atoms with Gasteiger partial charge in [-0.2, -0.15) is 0 Å². The number of hydrogen-bond acceptors (Lipinski definition) is 4. The maximum atomic E-state index is 11.7. The van der Waals surface area contributed by atoms with Crippen molar-refractivity contribution in [2.45, 2.75) is 50.6 Å². The molecule has 0 aromatic carbocycles. The van der Waals surface area contributed by atoms with Crippen molar-refractivity contribution in [3.8, 4) is 0 Å².